The lowest BCUT2D eigenvalue weighted by atomic mass is 10.2. The number of hydrogen-bond acceptors (Lipinski definition) is 6. The molecular weight excluding hydrogens is 256 g/mol. The maximum Gasteiger partial charge on any atom is 0.257 e. The summed E-state index contributed by atoms with van der Waals surface area (Å²) < 4.78 is 0. The summed E-state index contributed by atoms with van der Waals surface area (Å²) in [5.74, 6) is 4.90. The van der Waals surface area contributed by atoms with E-state index in [0.29, 0.717) is 0 Å². The summed E-state index contributed by atoms with van der Waals surface area (Å²) in [7, 11) is 0. The SMILES string of the molecule is N#CCN(CC#N)C(=O)c1cnc(NN)c(Cl)c1. The summed E-state index contributed by atoms with van der Waals surface area (Å²) in [4.78, 5) is 16.9. The van der Waals surface area contributed by atoms with Gasteiger partial charge in [0.2, 0.25) is 0 Å². The molecule has 0 unspecified atom stereocenters. The van der Waals surface area contributed by atoms with Crippen LogP contribution in [0.3, 0.4) is 0 Å². The molecule has 1 aromatic rings. The fraction of sp³-hybridized carbons (Fsp3) is 0.200. The molecule has 8 heteroatoms. The molecule has 1 aromatic heterocycles. The first kappa shape index (κ1) is 13.7. The van der Waals surface area contributed by atoms with Crippen molar-refractivity contribution in [2.75, 3.05) is 18.5 Å². The number of nitriles is 2. The number of halogens is 1. The van der Waals surface area contributed by atoms with Crippen LogP contribution < -0.4 is 11.3 Å². The van der Waals surface area contributed by atoms with Gasteiger partial charge in [0.1, 0.15) is 13.1 Å². The second kappa shape index (κ2) is 6.40. The number of pyridine rings is 1. The predicted octanol–water partition coefficient (Wildman–Crippen LogP) is 0.510. The van der Waals surface area contributed by atoms with E-state index in [-0.39, 0.29) is 29.5 Å². The quantitative estimate of drug-likeness (QED) is 0.465. The Balaban J connectivity index is 2.99. The van der Waals surface area contributed by atoms with Crippen LogP contribution in [0.15, 0.2) is 12.3 Å². The zero-order chi connectivity index (χ0) is 13.5. The molecular formula is C10H9ClN6O. The zero-order valence-corrected chi connectivity index (χ0v) is 9.98. The average Bonchev–Trinajstić information content (AvgIpc) is 2.37. The number of rotatable bonds is 4. The van der Waals surface area contributed by atoms with Crippen LogP contribution in [-0.4, -0.2) is 28.9 Å². The number of aromatic nitrogens is 1. The molecule has 1 amide bonds. The Morgan fingerprint density at radius 2 is 2.11 bits per heavy atom. The number of carbonyl (C=O) groups is 1. The second-order valence-corrected chi connectivity index (χ2v) is 3.58. The molecule has 1 heterocycles. The van der Waals surface area contributed by atoms with E-state index in [0.717, 1.165) is 4.90 Å². The average molecular weight is 265 g/mol. The van der Waals surface area contributed by atoms with E-state index in [4.69, 9.17) is 28.0 Å². The molecule has 18 heavy (non-hydrogen) atoms. The van der Waals surface area contributed by atoms with Crippen molar-refractivity contribution in [2.45, 2.75) is 0 Å². The molecule has 0 saturated carbocycles. The molecule has 3 N–H and O–H groups in total. The molecule has 0 aliphatic carbocycles. The summed E-state index contributed by atoms with van der Waals surface area (Å²) in [6, 6.07) is 4.99. The van der Waals surface area contributed by atoms with Crippen molar-refractivity contribution >= 4 is 23.3 Å². The highest BCUT2D eigenvalue weighted by molar-refractivity contribution is 6.33. The highest BCUT2D eigenvalue weighted by atomic mass is 35.5. The first-order valence-electron chi connectivity index (χ1n) is 4.79. The minimum atomic E-state index is -0.490. The van der Waals surface area contributed by atoms with Crippen molar-refractivity contribution in [2.24, 2.45) is 5.84 Å². The van der Waals surface area contributed by atoms with Gasteiger partial charge in [-0.3, -0.25) is 4.79 Å². The number of nitrogens with one attached hydrogen (secondary N) is 1. The topological polar surface area (TPSA) is 119 Å². The van der Waals surface area contributed by atoms with Crippen LogP contribution in [0.2, 0.25) is 5.02 Å². The van der Waals surface area contributed by atoms with Gasteiger partial charge in [0.15, 0.2) is 5.82 Å². The minimum absolute atomic E-state index is 0.178. The fourth-order valence-corrected chi connectivity index (χ4v) is 1.43. The molecule has 0 aliphatic rings. The first-order valence-corrected chi connectivity index (χ1v) is 5.17. The molecule has 92 valence electrons. The fourth-order valence-electron chi connectivity index (χ4n) is 1.21. The van der Waals surface area contributed by atoms with Crippen LogP contribution in [0.1, 0.15) is 10.4 Å². The smallest absolute Gasteiger partial charge is 0.257 e. The van der Waals surface area contributed by atoms with Crippen molar-refractivity contribution in [3.63, 3.8) is 0 Å². The Morgan fingerprint density at radius 1 is 1.50 bits per heavy atom. The van der Waals surface area contributed by atoms with Gasteiger partial charge in [-0.2, -0.15) is 10.5 Å². The number of amides is 1. The van der Waals surface area contributed by atoms with Gasteiger partial charge in [0.25, 0.3) is 5.91 Å². The Bertz CT molecular complexity index is 516. The molecule has 1 rings (SSSR count). The van der Waals surface area contributed by atoms with E-state index in [2.05, 4.69) is 10.4 Å². The van der Waals surface area contributed by atoms with Crippen LogP contribution in [0, 0.1) is 22.7 Å². The minimum Gasteiger partial charge on any atom is -0.312 e. The predicted molar refractivity (Wildman–Crippen MR) is 64.2 cm³/mol. The van der Waals surface area contributed by atoms with Crippen molar-refractivity contribution in [1.29, 1.82) is 10.5 Å². The van der Waals surface area contributed by atoms with Crippen LogP contribution in [0.5, 0.6) is 0 Å². The van der Waals surface area contributed by atoms with E-state index in [9.17, 15) is 4.79 Å². The van der Waals surface area contributed by atoms with Crippen molar-refractivity contribution in [3.8, 4) is 12.1 Å². The first-order chi connectivity index (χ1) is 8.63. The van der Waals surface area contributed by atoms with E-state index >= 15 is 0 Å². The number of hydrogen-bond donors (Lipinski definition) is 2. The van der Waals surface area contributed by atoms with Crippen LogP contribution in [0.25, 0.3) is 0 Å². The van der Waals surface area contributed by atoms with Crippen LogP contribution in [-0.2, 0) is 0 Å². The number of hydrazine groups is 1. The van der Waals surface area contributed by atoms with Crippen molar-refractivity contribution < 1.29 is 4.79 Å². The maximum atomic E-state index is 11.9. The van der Waals surface area contributed by atoms with Gasteiger partial charge >= 0.3 is 0 Å². The molecule has 0 spiro atoms. The number of nitrogens with zero attached hydrogens (tertiary/aromatic N) is 4. The van der Waals surface area contributed by atoms with E-state index in [1.54, 1.807) is 0 Å². The van der Waals surface area contributed by atoms with Gasteiger partial charge in [-0.15, -0.1) is 0 Å². The third kappa shape index (κ3) is 3.08. The maximum absolute atomic E-state index is 11.9. The second-order valence-electron chi connectivity index (χ2n) is 3.18. The Kier molecular flexibility index (Phi) is 4.88. The number of anilines is 1. The molecule has 0 bridgehead atoms. The highest BCUT2D eigenvalue weighted by Gasteiger charge is 2.16. The summed E-state index contributed by atoms with van der Waals surface area (Å²) in [6.45, 7) is -0.359. The van der Waals surface area contributed by atoms with Crippen molar-refractivity contribution in [1.82, 2.24) is 9.88 Å². The summed E-state index contributed by atoms with van der Waals surface area (Å²) >= 11 is 5.83. The van der Waals surface area contributed by atoms with E-state index < -0.39 is 5.91 Å². The molecule has 0 atom stereocenters. The van der Waals surface area contributed by atoms with Gasteiger partial charge in [0.05, 0.1) is 22.7 Å². The standard InChI is InChI=1S/C10H9ClN6O/c11-8-5-7(6-15-9(8)16-14)10(18)17(3-1-12)4-2-13/h5-6H,3-4,14H2,(H,15,16). The van der Waals surface area contributed by atoms with Gasteiger partial charge in [-0.25, -0.2) is 10.8 Å². The van der Waals surface area contributed by atoms with Crippen LogP contribution >= 0.6 is 11.6 Å². The van der Waals surface area contributed by atoms with Gasteiger partial charge in [-0.05, 0) is 6.07 Å². The zero-order valence-electron chi connectivity index (χ0n) is 9.22. The summed E-state index contributed by atoms with van der Waals surface area (Å²) in [5, 5.41) is 17.3. The normalized spacial score (nSPS) is 9.11. The molecule has 0 aromatic carbocycles. The lowest BCUT2D eigenvalue weighted by molar-refractivity contribution is 0.0794. The van der Waals surface area contributed by atoms with Gasteiger partial charge in [0, 0.05) is 6.20 Å². The number of nitrogens with two attached hydrogens (primary N) is 1. The third-order valence-corrected chi connectivity index (χ3v) is 2.32. The monoisotopic (exact) mass is 264 g/mol. The van der Waals surface area contributed by atoms with Crippen LogP contribution in [0.4, 0.5) is 5.82 Å². The molecule has 0 fully saturated rings. The molecule has 0 saturated heterocycles. The summed E-state index contributed by atoms with van der Waals surface area (Å²) in [6.07, 6.45) is 1.27. The third-order valence-electron chi connectivity index (χ3n) is 2.04. The Labute approximate surface area is 108 Å². The molecule has 0 radical (unpaired) electrons. The Morgan fingerprint density at radius 3 is 2.56 bits per heavy atom. The lowest BCUT2D eigenvalue weighted by Crippen LogP contribution is -2.31. The largest absolute Gasteiger partial charge is 0.312 e. The number of nitrogen functional groups attached to an aromatic ring is 1. The van der Waals surface area contributed by atoms with Gasteiger partial charge in [-0.1, -0.05) is 11.6 Å². The molecule has 7 nitrogen and oxygen atoms in total. The highest BCUT2D eigenvalue weighted by Crippen LogP contribution is 2.19. The number of carbonyl (C=O) groups excluding carboxylic acids is 1. The summed E-state index contributed by atoms with van der Waals surface area (Å²) in [5.41, 5.74) is 2.45. The van der Waals surface area contributed by atoms with Gasteiger partial charge < -0.3 is 10.3 Å². The Hall–Kier alpha value is -2.35. The van der Waals surface area contributed by atoms with E-state index in [1.165, 1.54) is 12.3 Å². The lowest BCUT2D eigenvalue weighted by Gasteiger charge is -2.15. The molecule has 0 aliphatic heterocycles. The van der Waals surface area contributed by atoms with E-state index in [1.807, 2.05) is 12.1 Å². The van der Waals surface area contributed by atoms with Crippen molar-refractivity contribution in [3.05, 3.63) is 22.8 Å².